The molecule has 3 nitrogen and oxygen atoms in total. The summed E-state index contributed by atoms with van der Waals surface area (Å²) < 4.78 is 5.73. The first-order valence-electron chi connectivity index (χ1n) is 14.9. The standard InChI is InChI=1S/C26H47NO.2C2H6.CH5N/c1-2-3-4-5-6-7-8-9-10-11-12-13-14-15-16-17-18-19-24-28-26-22-20-25(27)21-23-26;3*1-2/h20-23H,2-19,24,27H2,1H3;2*1-2H3;2H2,1H3. The highest BCUT2D eigenvalue weighted by molar-refractivity contribution is 5.41. The summed E-state index contributed by atoms with van der Waals surface area (Å²) in [4.78, 5) is 0. The van der Waals surface area contributed by atoms with Crippen LogP contribution in [0.2, 0.25) is 0 Å². The van der Waals surface area contributed by atoms with Crippen molar-refractivity contribution in [2.75, 3.05) is 19.4 Å². The van der Waals surface area contributed by atoms with E-state index in [9.17, 15) is 0 Å². The van der Waals surface area contributed by atoms with E-state index in [2.05, 4.69) is 12.7 Å². The lowest BCUT2D eigenvalue weighted by Crippen LogP contribution is -1.97. The first-order valence-corrected chi connectivity index (χ1v) is 14.9. The molecule has 1 rings (SSSR count). The van der Waals surface area contributed by atoms with E-state index in [1.807, 2.05) is 52.0 Å². The summed E-state index contributed by atoms with van der Waals surface area (Å²) in [5.74, 6) is 0.932. The van der Waals surface area contributed by atoms with Crippen molar-refractivity contribution in [3.63, 3.8) is 0 Å². The number of nitrogen functional groups attached to an aromatic ring is 1. The predicted molar refractivity (Wildman–Crippen MR) is 158 cm³/mol. The van der Waals surface area contributed by atoms with E-state index in [1.165, 1.54) is 116 Å². The Morgan fingerprint density at radius 2 is 0.794 bits per heavy atom. The minimum absolute atomic E-state index is 0.792. The van der Waals surface area contributed by atoms with Crippen molar-refractivity contribution in [2.24, 2.45) is 5.73 Å². The van der Waals surface area contributed by atoms with Gasteiger partial charge < -0.3 is 16.2 Å². The highest BCUT2D eigenvalue weighted by Crippen LogP contribution is 2.15. The molecule has 0 unspecified atom stereocenters. The molecule has 0 spiro atoms. The van der Waals surface area contributed by atoms with Gasteiger partial charge in [-0.2, -0.15) is 0 Å². The quantitative estimate of drug-likeness (QED) is 0.144. The fourth-order valence-electron chi connectivity index (χ4n) is 3.76. The van der Waals surface area contributed by atoms with Crippen LogP contribution in [-0.2, 0) is 0 Å². The number of ether oxygens (including phenoxy) is 1. The number of unbranched alkanes of at least 4 members (excludes halogenated alkanes) is 17. The Morgan fingerprint density at radius 3 is 1.12 bits per heavy atom. The van der Waals surface area contributed by atoms with Gasteiger partial charge in [0.2, 0.25) is 0 Å². The fourth-order valence-corrected chi connectivity index (χ4v) is 3.76. The Hall–Kier alpha value is -1.22. The molecule has 0 aliphatic rings. The van der Waals surface area contributed by atoms with Gasteiger partial charge >= 0.3 is 0 Å². The van der Waals surface area contributed by atoms with Crippen LogP contribution in [0.3, 0.4) is 0 Å². The molecule has 4 N–H and O–H groups in total. The van der Waals surface area contributed by atoms with Gasteiger partial charge in [0.05, 0.1) is 6.61 Å². The summed E-state index contributed by atoms with van der Waals surface area (Å²) in [6, 6.07) is 7.68. The van der Waals surface area contributed by atoms with E-state index in [0.29, 0.717) is 0 Å². The summed E-state index contributed by atoms with van der Waals surface area (Å²) in [5.41, 5.74) is 11.0. The Kier molecular flexibility index (Phi) is 39.9. The van der Waals surface area contributed by atoms with Crippen molar-refractivity contribution in [3.05, 3.63) is 24.3 Å². The third-order valence-electron chi connectivity index (χ3n) is 5.65. The molecule has 0 saturated carbocycles. The number of benzene rings is 1. The van der Waals surface area contributed by atoms with Crippen LogP contribution in [0, 0.1) is 0 Å². The summed E-state index contributed by atoms with van der Waals surface area (Å²) in [6.07, 6.45) is 25.4. The van der Waals surface area contributed by atoms with Crippen molar-refractivity contribution in [3.8, 4) is 5.75 Å². The second-order valence-corrected chi connectivity index (χ2v) is 8.43. The second kappa shape index (κ2) is 36.4. The molecule has 0 aliphatic heterocycles. The Balaban J connectivity index is -0.00000148. The molecule has 0 fully saturated rings. The molecule has 0 amide bonds. The largest absolute Gasteiger partial charge is 0.494 e. The predicted octanol–water partition coefficient (Wildman–Crippen LogP) is 10.3. The molecule has 0 aliphatic carbocycles. The first-order chi connectivity index (χ1) is 16.8. The van der Waals surface area contributed by atoms with E-state index in [-0.39, 0.29) is 0 Å². The molecule has 0 saturated heterocycles. The molecule has 0 heterocycles. The molecule has 34 heavy (non-hydrogen) atoms. The number of rotatable bonds is 20. The highest BCUT2D eigenvalue weighted by atomic mass is 16.5. The third-order valence-corrected chi connectivity index (χ3v) is 5.65. The van der Waals surface area contributed by atoms with Crippen LogP contribution >= 0.6 is 0 Å². The van der Waals surface area contributed by atoms with Crippen LogP contribution in [0.1, 0.15) is 150 Å². The maximum Gasteiger partial charge on any atom is 0.119 e. The van der Waals surface area contributed by atoms with Gasteiger partial charge in [0.1, 0.15) is 5.75 Å². The number of nitrogens with two attached hydrogens (primary N) is 2. The third kappa shape index (κ3) is 30.8. The Bertz CT molecular complexity index is 434. The normalized spacial score (nSPS) is 9.62. The zero-order valence-electron chi connectivity index (χ0n) is 24.3. The smallest absolute Gasteiger partial charge is 0.119 e. The van der Waals surface area contributed by atoms with Crippen molar-refractivity contribution in [2.45, 2.75) is 150 Å². The van der Waals surface area contributed by atoms with Crippen LogP contribution in [0.5, 0.6) is 5.75 Å². The van der Waals surface area contributed by atoms with Crippen molar-refractivity contribution in [1.82, 2.24) is 0 Å². The van der Waals surface area contributed by atoms with Gasteiger partial charge in [-0.15, -0.1) is 0 Å². The molecule has 0 aromatic heterocycles. The molecule has 0 atom stereocenters. The topological polar surface area (TPSA) is 61.3 Å². The summed E-state index contributed by atoms with van der Waals surface area (Å²) >= 11 is 0. The van der Waals surface area contributed by atoms with Gasteiger partial charge in [0.25, 0.3) is 0 Å². The van der Waals surface area contributed by atoms with Crippen LogP contribution in [-0.4, -0.2) is 13.7 Å². The number of hydrogen-bond acceptors (Lipinski definition) is 3. The van der Waals surface area contributed by atoms with E-state index >= 15 is 0 Å². The molecular formula is C31H64N2O. The summed E-state index contributed by atoms with van der Waals surface area (Å²) in [6.45, 7) is 11.1. The van der Waals surface area contributed by atoms with Crippen molar-refractivity contribution in [1.29, 1.82) is 0 Å². The summed E-state index contributed by atoms with van der Waals surface area (Å²) in [7, 11) is 1.50. The Morgan fingerprint density at radius 1 is 0.500 bits per heavy atom. The highest BCUT2D eigenvalue weighted by Gasteiger charge is 1.96. The van der Waals surface area contributed by atoms with Crippen molar-refractivity contribution >= 4 is 5.69 Å². The zero-order chi connectivity index (χ0) is 26.1. The van der Waals surface area contributed by atoms with E-state index in [0.717, 1.165) is 24.5 Å². The van der Waals surface area contributed by atoms with Crippen LogP contribution in [0.25, 0.3) is 0 Å². The molecular weight excluding hydrogens is 416 g/mol. The lowest BCUT2D eigenvalue weighted by molar-refractivity contribution is 0.304. The maximum absolute atomic E-state index is 5.73. The van der Waals surface area contributed by atoms with Gasteiger partial charge in [-0.25, -0.2) is 0 Å². The summed E-state index contributed by atoms with van der Waals surface area (Å²) in [5, 5.41) is 0. The molecule has 1 aromatic rings. The lowest BCUT2D eigenvalue weighted by Gasteiger charge is -2.06. The van der Waals surface area contributed by atoms with Gasteiger partial charge in [-0.1, -0.05) is 144 Å². The minimum atomic E-state index is 0.792. The minimum Gasteiger partial charge on any atom is -0.494 e. The second-order valence-electron chi connectivity index (χ2n) is 8.43. The van der Waals surface area contributed by atoms with Crippen LogP contribution in [0.4, 0.5) is 5.69 Å². The number of hydrogen-bond donors (Lipinski definition) is 2. The number of anilines is 1. The molecule has 0 radical (unpaired) electrons. The van der Waals surface area contributed by atoms with E-state index in [1.54, 1.807) is 0 Å². The SMILES string of the molecule is CC.CC.CCCCCCCCCCCCCCCCCCCCOc1ccc(N)cc1.CN. The van der Waals surface area contributed by atoms with E-state index < -0.39 is 0 Å². The van der Waals surface area contributed by atoms with Gasteiger partial charge in [-0.3, -0.25) is 0 Å². The first kappa shape index (κ1) is 37.3. The average molecular weight is 481 g/mol. The van der Waals surface area contributed by atoms with Gasteiger partial charge in [0, 0.05) is 5.69 Å². The molecule has 3 heteroatoms. The average Bonchev–Trinajstić information content (AvgIpc) is 2.90. The van der Waals surface area contributed by atoms with Crippen LogP contribution < -0.4 is 16.2 Å². The van der Waals surface area contributed by atoms with E-state index in [4.69, 9.17) is 10.5 Å². The zero-order valence-corrected chi connectivity index (χ0v) is 24.3. The lowest BCUT2D eigenvalue weighted by atomic mass is 10.0. The monoisotopic (exact) mass is 481 g/mol. The molecule has 0 bridgehead atoms. The van der Waals surface area contributed by atoms with Gasteiger partial charge in [0.15, 0.2) is 0 Å². The molecule has 1 aromatic carbocycles. The van der Waals surface area contributed by atoms with Crippen molar-refractivity contribution < 1.29 is 4.74 Å². The van der Waals surface area contributed by atoms with Gasteiger partial charge in [-0.05, 0) is 37.7 Å². The Labute approximate surface area is 215 Å². The maximum atomic E-state index is 5.73. The van der Waals surface area contributed by atoms with Crippen LogP contribution in [0.15, 0.2) is 24.3 Å². The molecule has 204 valence electrons. The fraction of sp³-hybridized carbons (Fsp3) is 0.806.